The molecule has 11 bridgehead atoms. The minimum Gasteiger partial charge on any atom is -0.508 e. The number of primary amides is 1. The van der Waals surface area contributed by atoms with Crippen LogP contribution in [0.25, 0.3) is 11.1 Å². The maximum atomic E-state index is 16.0. The lowest BCUT2D eigenvalue weighted by molar-refractivity contribution is -0.333. The third-order valence-corrected chi connectivity index (χ3v) is 20.9. The van der Waals surface area contributed by atoms with E-state index in [1.54, 1.807) is 0 Å². The van der Waals surface area contributed by atoms with Crippen molar-refractivity contribution in [3.8, 4) is 57.1 Å². The highest BCUT2D eigenvalue weighted by molar-refractivity contribution is 6.32. The zero-order chi connectivity index (χ0) is 84.2. The van der Waals surface area contributed by atoms with Crippen molar-refractivity contribution in [3.63, 3.8) is 0 Å². The molecule has 0 aliphatic carbocycles. The molecule has 7 heterocycles. The molecular weight excluding hydrogens is 1550 g/mol. The Labute approximate surface area is 670 Å². The quantitative estimate of drug-likeness (QED) is 0.0409. The summed E-state index contributed by atoms with van der Waals surface area (Å²) >= 11 is 14.1. The van der Waals surface area contributed by atoms with Crippen molar-refractivity contribution in [3.05, 3.63) is 117 Å². The summed E-state index contributed by atoms with van der Waals surface area (Å²) in [5.41, 5.74) is 8.00. The number of nitrogens with two attached hydrogens (primary N) is 2. The highest BCUT2D eigenvalue weighted by Crippen LogP contribution is 2.50. The molecule has 18 atom stereocenters. The molecule has 35 nitrogen and oxygen atoms in total. The number of rotatable bonds is 23. The molecular formula is C78H99Cl2N9O26. The Morgan fingerprint density at radius 1 is 0.670 bits per heavy atom. The van der Waals surface area contributed by atoms with Crippen LogP contribution in [0.2, 0.25) is 10.0 Å². The van der Waals surface area contributed by atoms with Crippen molar-refractivity contribution in [2.75, 3.05) is 13.7 Å². The lowest BCUT2D eigenvalue weighted by atomic mass is 9.86. The molecule has 0 spiro atoms. The molecule has 7 aliphatic rings. The molecule has 7 aliphatic heterocycles. The molecule has 2 saturated heterocycles. The number of phenols is 3. The number of hydrogen-bond donors (Lipinski definition) is 20. The number of aromatic hydroxyl groups is 3. The first-order valence-corrected chi connectivity index (χ1v) is 38.4. The Bertz CT molecular complexity index is 4390. The van der Waals surface area contributed by atoms with E-state index in [4.69, 9.17) is 68.2 Å². The average Bonchev–Trinajstić information content (AvgIpc) is 0.772. The molecule has 22 N–H and O–H groups in total. The zero-order valence-electron chi connectivity index (χ0n) is 63.8. The van der Waals surface area contributed by atoms with Gasteiger partial charge >= 0.3 is 11.9 Å². The van der Waals surface area contributed by atoms with Crippen LogP contribution in [0.4, 0.5) is 0 Å². The second-order valence-electron chi connectivity index (χ2n) is 29.7. The second-order valence-corrected chi connectivity index (χ2v) is 30.5. The topological polar surface area (TPSA) is 568 Å². The highest BCUT2D eigenvalue weighted by atomic mass is 35.5. The third kappa shape index (κ3) is 21.9. The number of benzene rings is 5. The lowest BCUT2D eigenvalue weighted by Crippen LogP contribution is -2.64. The van der Waals surface area contributed by atoms with Crippen molar-refractivity contribution in [1.82, 2.24) is 37.2 Å². The molecule has 115 heavy (non-hydrogen) atoms. The summed E-state index contributed by atoms with van der Waals surface area (Å²) in [6, 6.07) is -0.679. The molecule has 37 heteroatoms. The number of aliphatic carboxylic acids is 2. The number of carbonyl (C=O) groups excluding carboxylic acids is 7. The predicted molar refractivity (Wildman–Crippen MR) is 409 cm³/mol. The van der Waals surface area contributed by atoms with Crippen molar-refractivity contribution < 1.29 is 128 Å². The summed E-state index contributed by atoms with van der Waals surface area (Å²) < 4.78 is 38.3. The van der Waals surface area contributed by atoms with E-state index in [0.717, 1.165) is 79.6 Å². The molecule has 0 saturated carbocycles. The smallest absolute Gasteiger partial charge is 0.330 e. The van der Waals surface area contributed by atoms with E-state index >= 15 is 14.4 Å². The highest BCUT2D eigenvalue weighted by Gasteiger charge is 2.52. The molecule has 5 aromatic rings. The van der Waals surface area contributed by atoms with Gasteiger partial charge in [-0.2, -0.15) is 0 Å². The Balaban J connectivity index is 0.000000982. The zero-order valence-corrected chi connectivity index (χ0v) is 65.3. The van der Waals surface area contributed by atoms with Gasteiger partial charge < -0.3 is 133 Å². The van der Waals surface area contributed by atoms with Crippen LogP contribution in [-0.2, 0) is 57.4 Å². The second kappa shape index (κ2) is 39.3. The number of aliphatic hydroxyl groups is 6. The van der Waals surface area contributed by atoms with Crippen LogP contribution in [0.5, 0.6) is 46.0 Å². The normalized spacial score (nSPS) is 27.1. The number of phenolic OH excluding ortho intramolecular Hbond substituents is 3. The number of unbranched alkanes of at least 4 members (excludes halogenated alkanes) is 8. The van der Waals surface area contributed by atoms with Gasteiger partial charge in [0.2, 0.25) is 53.4 Å². The number of carboxylic acid groups (broad SMARTS) is 2. The maximum absolute atomic E-state index is 16.0. The fraction of sp³-hybridized carbons (Fsp3) is 0.500. The maximum Gasteiger partial charge on any atom is 0.330 e. The number of halogens is 2. The number of amides is 7. The van der Waals surface area contributed by atoms with Crippen LogP contribution in [0.1, 0.15) is 176 Å². The predicted octanol–water partition coefficient (Wildman–Crippen LogP) is 4.10. The number of hydrogen-bond acceptors (Lipinski definition) is 26. The van der Waals surface area contributed by atoms with Gasteiger partial charge in [-0.3, -0.25) is 38.4 Å². The Kier molecular flexibility index (Phi) is 30.5. The number of ether oxygens (including phenoxy) is 6. The van der Waals surface area contributed by atoms with Gasteiger partial charge in [0.1, 0.15) is 89.5 Å². The van der Waals surface area contributed by atoms with E-state index in [2.05, 4.69) is 44.1 Å². The van der Waals surface area contributed by atoms with Gasteiger partial charge in [0.25, 0.3) is 0 Å². The van der Waals surface area contributed by atoms with Gasteiger partial charge in [0.05, 0.1) is 41.3 Å². The molecule has 0 unspecified atom stereocenters. The summed E-state index contributed by atoms with van der Waals surface area (Å²) in [5, 5.41) is 139. The number of carbonyl (C=O) groups is 9. The van der Waals surface area contributed by atoms with Gasteiger partial charge in [0, 0.05) is 41.1 Å². The molecule has 5 aromatic carbocycles. The summed E-state index contributed by atoms with van der Waals surface area (Å²) in [6.07, 6.45) is -7.07. The van der Waals surface area contributed by atoms with E-state index in [9.17, 15) is 79.8 Å². The number of nitrogens with one attached hydrogen (secondary N) is 7. The molecule has 12 rings (SSSR count). The first kappa shape index (κ1) is 89.2. The minimum absolute atomic E-state index is 0.0975. The molecule has 7 amide bonds. The average molecular weight is 1650 g/mol. The fourth-order valence-electron chi connectivity index (χ4n) is 14.1. The Morgan fingerprint density at radius 3 is 1.82 bits per heavy atom. The van der Waals surface area contributed by atoms with Crippen molar-refractivity contribution >= 4 is 76.5 Å². The van der Waals surface area contributed by atoms with Gasteiger partial charge in [0.15, 0.2) is 29.9 Å². The first-order valence-electron chi connectivity index (χ1n) is 37.6. The minimum atomic E-state index is -2.35. The lowest BCUT2D eigenvalue weighted by Gasteiger charge is -2.47. The summed E-state index contributed by atoms with van der Waals surface area (Å²) in [5.74, 6) is -16.6. The van der Waals surface area contributed by atoms with Crippen molar-refractivity contribution in [1.29, 1.82) is 0 Å². The van der Waals surface area contributed by atoms with Crippen LogP contribution < -0.4 is 62.9 Å². The van der Waals surface area contributed by atoms with Crippen LogP contribution in [-0.4, -0.2) is 202 Å². The van der Waals surface area contributed by atoms with Gasteiger partial charge in [-0.25, -0.2) is 4.79 Å². The van der Waals surface area contributed by atoms with E-state index in [-0.39, 0.29) is 46.2 Å². The van der Waals surface area contributed by atoms with Crippen molar-refractivity contribution in [2.45, 2.75) is 227 Å². The van der Waals surface area contributed by atoms with E-state index in [0.29, 0.717) is 6.42 Å². The van der Waals surface area contributed by atoms with Gasteiger partial charge in [-0.1, -0.05) is 114 Å². The SMILES string of the molecule is CCCCCCCCCCCC(=O)O.CN[C@H](CC(C)C)C(=O)N[C@H]1C(=O)N[C@@H](CC(N)=O)C(=O)N[C@H]2C(=O)N[C@H]3C(=O)N[C@H](C(=O)N[C@H](C(=O)O)c4cc(O)cc(O)c4-c4cc3ccc4O)[C@H](O)c3ccc(c(Cl)c3)Oc3cc2cc(c3O[C@@H]2O[C@H](CO)[C@@H](O)[C@H](O)[C@H]2O[C@H]2C[C@](C)(N)[C@H](O)[C@H](C)O2)Oc2ccc(cc2Cl)[C@H]1O. The summed E-state index contributed by atoms with van der Waals surface area (Å²) in [4.78, 5) is 127. The van der Waals surface area contributed by atoms with Crippen molar-refractivity contribution in [2.24, 2.45) is 17.4 Å². The van der Waals surface area contributed by atoms with Gasteiger partial charge in [-0.05, 0) is 117 Å². The van der Waals surface area contributed by atoms with E-state index < -0.39 is 243 Å². The number of carboxylic acids is 2. The Morgan fingerprint density at radius 2 is 1.25 bits per heavy atom. The molecule has 0 aromatic heterocycles. The van der Waals surface area contributed by atoms with Crippen LogP contribution in [0.3, 0.4) is 0 Å². The first-order chi connectivity index (χ1) is 54.4. The van der Waals surface area contributed by atoms with E-state index in [1.807, 2.05) is 13.8 Å². The van der Waals surface area contributed by atoms with E-state index in [1.165, 1.54) is 78.0 Å². The third-order valence-electron chi connectivity index (χ3n) is 20.3. The van der Waals surface area contributed by atoms with Gasteiger partial charge in [-0.15, -0.1) is 0 Å². The monoisotopic (exact) mass is 1650 g/mol. The number of likely N-dealkylation sites (N-methyl/N-ethyl adjacent to an activating group) is 1. The Hall–Kier alpha value is -9.73. The van der Waals surface area contributed by atoms with Crippen LogP contribution in [0, 0.1) is 5.92 Å². The fourth-order valence-corrected chi connectivity index (χ4v) is 14.5. The standard InChI is InChI=1S/C66H75Cl2N9O24.C12H24O2/c1-23(2)12-34(71-5)58(88)76-49-51(83)26-7-10-38(32(67)14-26)97-40-16-28-17-41(55(40)101-65-56(54(86)53(85)42(22-78)99-65)100-44-21-66(4,70)57(87)24(3)96-44)98-39-11-8-27(15-33(39)68)52(84)50-63(93)75-48(64(94)95)31-18-29(79)19-37(81)45(31)30-13-25(6-9-36(30)80)46(60(90)77-50)74-61(91)47(28)73-59(89)35(20-43(69)82)72-62(49)92;1-2-3-4-5-6-7-8-9-10-11-12(13)14/h6-11,13-19,23-24,34-35,42,44,46-54,56-57,65,71,78-81,83-87H,12,20-22,70H2,1-5H3,(H2,69,82)(H,72,92)(H,73,89)(H,74,91)(H,75,93)(H,76,88)(H,77,90)(H,94,95);2-11H2,1H3,(H,13,14)/t24-,34+,35-,42+,44-,46+,47+,48-,49+,50-,51+,52+,53+,54-,56+,57+,65-,66-;/m0./s1. The number of aliphatic hydroxyl groups excluding tert-OH is 6. The molecule has 0 radical (unpaired) electrons. The summed E-state index contributed by atoms with van der Waals surface area (Å²) in [7, 11) is 1.47. The van der Waals surface area contributed by atoms with Crippen LogP contribution >= 0.6 is 23.2 Å². The largest absolute Gasteiger partial charge is 0.508 e. The van der Waals surface area contributed by atoms with Crippen LogP contribution in [0.15, 0.2) is 78.9 Å². The number of fused-ring (bicyclic) bond motifs is 15. The summed E-state index contributed by atoms with van der Waals surface area (Å²) in [6.45, 7) is 7.89. The molecule has 2 fully saturated rings. The molecule has 626 valence electrons.